The van der Waals surface area contributed by atoms with Crippen LogP contribution in [0.3, 0.4) is 0 Å². The van der Waals surface area contributed by atoms with E-state index in [0.717, 1.165) is 41.8 Å². The first-order valence-corrected chi connectivity index (χ1v) is 12.8. The smallest absolute Gasteiger partial charge is 0.125 e. The zero-order valence-electron chi connectivity index (χ0n) is 22.6. The molecule has 2 heterocycles. The van der Waals surface area contributed by atoms with Gasteiger partial charge in [-0.1, -0.05) is 13.0 Å². The summed E-state index contributed by atoms with van der Waals surface area (Å²) >= 11 is 0. The van der Waals surface area contributed by atoms with Crippen LogP contribution >= 0.6 is 0 Å². The number of anilines is 1. The number of allylic oxidation sites excluding steroid dienone is 1. The third-order valence-electron chi connectivity index (χ3n) is 7.48. The number of hydrogen-bond acceptors (Lipinski definition) is 8. The Balaban J connectivity index is 1.80. The van der Waals surface area contributed by atoms with Crippen LogP contribution in [0.25, 0.3) is 16.8 Å². The SMILES string of the molecule is CC/C(=C\NN)c1ccc(-c2ccc(N(C)C3CC(C)(C)N(C(O)CCN)C(C)(C)C3)cn2)c(O)c1. The van der Waals surface area contributed by atoms with Gasteiger partial charge < -0.3 is 26.3 Å². The van der Waals surface area contributed by atoms with Gasteiger partial charge in [0.25, 0.3) is 0 Å². The second-order valence-corrected chi connectivity index (χ2v) is 11.0. The molecule has 1 unspecified atom stereocenters. The maximum atomic E-state index is 10.8. The van der Waals surface area contributed by atoms with Crippen molar-refractivity contribution in [1.82, 2.24) is 15.3 Å². The van der Waals surface area contributed by atoms with E-state index in [1.54, 1.807) is 12.3 Å². The molecule has 1 aromatic carbocycles. The van der Waals surface area contributed by atoms with E-state index in [0.29, 0.717) is 18.5 Å². The summed E-state index contributed by atoms with van der Waals surface area (Å²) in [5, 5.41) is 21.5. The zero-order chi connectivity index (χ0) is 26.7. The van der Waals surface area contributed by atoms with Crippen molar-refractivity contribution in [3.63, 3.8) is 0 Å². The van der Waals surface area contributed by atoms with Gasteiger partial charge in [0.05, 0.1) is 17.6 Å². The fourth-order valence-corrected chi connectivity index (χ4v) is 6.00. The van der Waals surface area contributed by atoms with Crippen molar-refractivity contribution in [2.45, 2.75) is 83.6 Å². The number of rotatable bonds is 9. The first kappa shape index (κ1) is 27.9. The zero-order valence-corrected chi connectivity index (χ0v) is 22.6. The minimum atomic E-state index is -0.554. The van der Waals surface area contributed by atoms with E-state index in [4.69, 9.17) is 11.6 Å². The number of aromatic hydroxyl groups is 1. The maximum Gasteiger partial charge on any atom is 0.125 e. The highest BCUT2D eigenvalue weighted by molar-refractivity contribution is 5.74. The number of likely N-dealkylation sites (tertiary alicyclic amines) is 1. The molecule has 0 aliphatic carbocycles. The summed E-state index contributed by atoms with van der Waals surface area (Å²) in [5.74, 6) is 5.62. The monoisotopic (exact) mass is 496 g/mol. The van der Waals surface area contributed by atoms with Crippen molar-refractivity contribution in [2.24, 2.45) is 11.6 Å². The fraction of sp³-hybridized carbons (Fsp3) is 0.536. The van der Waals surface area contributed by atoms with Crippen molar-refractivity contribution in [3.8, 4) is 17.0 Å². The van der Waals surface area contributed by atoms with Gasteiger partial charge in [-0.15, -0.1) is 0 Å². The number of hydrazine groups is 1. The Kier molecular flexibility index (Phi) is 8.67. The molecule has 0 amide bonds. The summed E-state index contributed by atoms with van der Waals surface area (Å²) in [7, 11) is 2.11. The number of aliphatic hydroxyl groups is 1. The average molecular weight is 497 g/mol. The van der Waals surface area contributed by atoms with Crippen LogP contribution in [0.2, 0.25) is 0 Å². The Labute approximate surface area is 216 Å². The first-order chi connectivity index (χ1) is 16.9. The molecule has 2 aromatic rings. The average Bonchev–Trinajstić information content (AvgIpc) is 2.80. The van der Waals surface area contributed by atoms with E-state index in [9.17, 15) is 10.2 Å². The largest absolute Gasteiger partial charge is 0.507 e. The fourth-order valence-electron chi connectivity index (χ4n) is 6.00. The van der Waals surface area contributed by atoms with Gasteiger partial charge in [-0.05, 0) is 95.3 Å². The molecule has 0 saturated carbocycles. The van der Waals surface area contributed by atoms with E-state index in [-0.39, 0.29) is 22.9 Å². The van der Waals surface area contributed by atoms with Gasteiger partial charge in [-0.2, -0.15) is 0 Å². The summed E-state index contributed by atoms with van der Waals surface area (Å²) in [6.45, 7) is 11.3. The molecule has 0 spiro atoms. The van der Waals surface area contributed by atoms with Gasteiger partial charge >= 0.3 is 0 Å². The van der Waals surface area contributed by atoms with E-state index in [1.807, 2.05) is 31.3 Å². The summed E-state index contributed by atoms with van der Waals surface area (Å²) in [6, 6.07) is 9.91. The molecule has 8 nitrogen and oxygen atoms in total. The normalized spacial score (nSPS) is 19.2. The van der Waals surface area contributed by atoms with Crippen LogP contribution in [0.1, 0.15) is 65.9 Å². The first-order valence-electron chi connectivity index (χ1n) is 12.8. The molecule has 1 saturated heterocycles. The quantitative estimate of drug-likeness (QED) is 0.262. The number of piperidine rings is 1. The molecule has 0 bridgehead atoms. The van der Waals surface area contributed by atoms with E-state index in [1.165, 1.54) is 0 Å². The summed E-state index contributed by atoms with van der Waals surface area (Å²) in [6.07, 6.45) is 6.22. The topological polar surface area (TPSA) is 124 Å². The van der Waals surface area contributed by atoms with Crippen LogP contribution in [0.5, 0.6) is 5.75 Å². The molecule has 198 valence electrons. The standard InChI is InChI=1S/C28H44N6O2/c1-7-19(17-32-30)20-8-10-23(25(35)14-20)24-11-9-21(18-31-24)33(6)22-15-27(2,3)34(26(36)12-13-29)28(4,5)16-22/h8-11,14,17-18,22,26,32,35-36H,7,12-13,15-16,29-30H2,1-6H3/b19-17+. The minimum absolute atomic E-state index is 0.185. The summed E-state index contributed by atoms with van der Waals surface area (Å²) in [4.78, 5) is 9.20. The van der Waals surface area contributed by atoms with Gasteiger partial charge in [-0.3, -0.25) is 15.7 Å². The molecule has 3 rings (SSSR count). The number of pyridine rings is 1. The molecule has 0 radical (unpaired) electrons. The molecule has 1 atom stereocenters. The Morgan fingerprint density at radius 2 is 1.89 bits per heavy atom. The van der Waals surface area contributed by atoms with E-state index in [2.05, 4.69) is 61.0 Å². The van der Waals surface area contributed by atoms with Crippen molar-refractivity contribution in [1.29, 1.82) is 0 Å². The molecule has 1 aliphatic heterocycles. The molecule has 36 heavy (non-hydrogen) atoms. The Bertz CT molecular complexity index is 1030. The third-order valence-corrected chi connectivity index (χ3v) is 7.48. The number of aliphatic hydroxyl groups excluding tert-OH is 1. The number of hydrogen-bond donors (Lipinski definition) is 5. The lowest BCUT2D eigenvalue weighted by Gasteiger charge is -2.58. The Morgan fingerprint density at radius 3 is 2.39 bits per heavy atom. The van der Waals surface area contributed by atoms with Crippen LogP contribution in [-0.4, -0.2) is 57.0 Å². The highest BCUT2D eigenvalue weighted by Gasteiger charge is 2.48. The van der Waals surface area contributed by atoms with Crippen LogP contribution in [0.15, 0.2) is 42.7 Å². The number of phenolic OH excluding ortho intramolecular Hbond substituents is 1. The van der Waals surface area contributed by atoms with Gasteiger partial charge in [0.15, 0.2) is 0 Å². The van der Waals surface area contributed by atoms with E-state index < -0.39 is 6.23 Å². The molecule has 1 aliphatic rings. The van der Waals surface area contributed by atoms with Crippen molar-refractivity contribution >= 4 is 11.3 Å². The number of aromatic nitrogens is 1. The highest BCUT2D eigenvalue weighted by Crippen LogP contribution is 2.42. The van der Waals surface area contributed by atoms with Crippen LogP contribution in [0, 0.1) is 0 Å². The predicted octanol–water partition coefficient (Wildman–Crippen LogP) is 3.79. The summed E-state index contributed by atoms with van der Waals surface area (Å²) < 4.78 is 0. The molecule has 1 aromatic heterocycles. The van der Waals surface area contributed by atoms with Gasteiger partial charge in [-0.25, -0.2) is 0 Å². The van der Waals surface area contributed by atoms with Crippen molar-refractivity contribution < 1.29 is 10.2 Å². The predicted molar refractivity (Wildman–Crippen MR) is 148 cm³/mol. The Morgan fingerprint density at radius 1 is 1.22 bits per heavy atom. The number of benzene rings is 1. The van der Waals surface area contributed by atoms with Gasteiger partial charge in [0.1, 0.15) is 12.0 Å². The lowest BCUT2D eigenvalue weighted by atomic mass is 9.76. The van der Waals surface area contributed by atoms with Gasteiger partial charge in [0.2, 0.25) is 0 Å². The maximum absolute atomic E-state index is 10.8. The van der Waals surface area contributed by atoms with Crippen molar-refractivity contribution in [3.05, 3.63) is 48.3 Å². The second-order valence-electron chi connectivity index (χ2n) is 11.0. The van der Waals surface area contributed by atoms with Crippen LogP contribution < -0.4 is 21.9 Å². The number of nitrogens with one attached hydrogen (secondary N) is 1. The third kappa shape index (κ3) is 5.83. The highest BCUT2D eigenvalue weighted by atomic mass is 16.3. The molecule has 1 fully saturated rings. The molecular formula is C28H44N6O2. The van der Waals surface area contributed by atoms with Gasteiger partial charge in [0, 0.05) is 35.9 Å². The number of phenols is 1. The number of nitrogens with two attached hydrogens (primary N) is 2. The van der Waals surface area contributed by atoms with E-state index >= 15 is 0 Å². The molecule has 7 N–H and O–H groups in total. The lowest BCUT2D eigenvalue weighted by molar-refractivity contribution is -0.143. The van der Waals surface area contributed by atoms with Crippen molar-refractivity contribution in [2.75, 3.05) is 18.5 Å². The molecule has 8 heteroatoms. The van der Waals surface area contributed by atoms with Crippen LogP contribution in [0.4, 0.5) is 5.69 Å². The number of nitrogens with zero attached hydrogens (tertiary/aromatic N) is 3. The second kappa shape index (κ2) is 11.2. The van der Waals surface area contributed by atoms with Crippen LogP contribution in [-0.2, 0) is 0 Å². The Hall–Kier alpha value is -2.65. The lowest BCUT2D eigenvalue weighted by Crippen LogP contribution is -2.67. The summed E-state index contributed by atoms with van der Waals surface area (Å²) in [5.41, 5.74) is 12.3. The molecular weight excluding hydrogens is 452 g/mol. The minimum Gasteiger partial charge on any atom is -0.507 e.